The molecule has 1 N–H and O–H groups in total. The largest absolute Gasteiger partial charge is 0.465 e. The summed E-state index contributed by atoms with van der Waals surface area (Å²) in [5.74, 6) is 0.0308. The van der Waals surface area contributed by atoms with Gasteiger partial charge in [0.25, 0.3) is 0 Å². The van der Waals surface area contributed by atoms with Crippen LogP contribution < -0.4 is 5.32 Å². The molecule has 0 saturated carbocycles. The first-order valence-electron chi connectivity index (χ1n) is 8.68. The zero-order chi connectivity index (χ0) is 18.4. The second-order valence-corrected chi connectivity index (χ2v) is 6.19. The smallest absolute Gasteiger partial charge is 0.244 e. The molecular weight excluding hydrogens is 335 g/mol. The molecule has 1 saturated heterocycles. The summed E-state index contributed by atoms with van der Waals surface area (Å²) >= 11 is 0. The molecule has 136 valence electrons. The minimum atomic E-state index is -0.282. The Kier molecular flexibility index (Phi) is 5.84. The number of benzene rings is 1. The molecule has 5 nitrogen and oxygen atoms in total. The molecule has 0 bridgehead atoms. The van der Waals surface area contributed by atoms with Crippen LogP contribution in [0, 0.1) is 5.82 Å². The number of nitrogens with zero attached hydrogens (tertiary/aromatic N) is 1. The summed E-state index contributed by atoms with van der Waals surface area (Å²) < 4.78 is 18.2. The zero-order valence-corrected chi connectivity index (χ0v) is 14.4. The molecule has 0 aliphatic carbocycles. The lowest BCUT2D eigenvalue weighted by Crippen LogP contribution is -2.33. The third kappa shape index (κ3) is 4.59. The van der Waals surface area contributed by atoms with Gasteiger partial charge in [-0.2, -0.15) is 0 Å². The van der Waals surface area contributed by atoms with E-state index >= 15 is 0 Å². The summed E-state index contributed by atoms with van der Waals surface area (Å²) in [6.07, 6.45) is 6.51. The van der Waals surface area contributed by atoms with Crippen LogP contribution in [0.3, 0.4) is 0 Å². The number of amides is 2. The maximum absolute atomic E-state index is 13.1. The van der Waals surface area contributed by atoms with E-state index in [9.17, 15) is 14.0 Å². The molecular formula is C20H21FN2O3. The van der Waals surface area contributed by atoms with E-state index in [1.54, 1.807) is 30.3 Å². The van der Waals surface area contributed by atoms with Crippen LogP contribution in [0.2, 0.25) is 0 Å². The molecule has 2 heterocycles. The molecule has 1 aliphatic heterocycles. The third-order valence-electron chi connectivity index (χ3n) is 4.41. The Morgan fingerprint density at radius 3 is 2.81 bits per heavy atom. The van der Waals surface area contributed by atoms with Crippen molar-refractivity contribution >= 4 is 17.9 Å². The van der Waals surface area contributed by atoms with Gasteiger partial charge >= 0.3 is 0 Å². The number of hydrogen-bond donors (Lipinski definition) is 1. The molecule has 1 unspecified atom stereocenters. The van der Waals surface area contributed by atoms with Gasteiger partial charge in [0, 0.05) is 25.6 Å². The number of furan rings is 1. The molecule has 0 spiro atoms. The lowest BCUT2D eigenvalue weighted by atomic mass is 10.0. The maximum Gasteiger partial charge on any atom is 0.244 e. The van der Waals surface area contributed by atoms with Crippen molar-refractivity contribution in [1.29, 1.82) is 0 Å². The predicted octanol–water partition coefficient (Wildman–Crippen LogP) is 3.30. The Labute approximate surface area is 151 Å². The third-order valence-corrected chi connectivity index (χ3v) is 4.41. The normalized spacial score (nSPS) is 17.0. The zero-order valence-electron chi connectivity index (χ0n) is 14.4. The van der Waals surface area contributed by atoms with Crippen LogP contribution in [0.25, 0.3) is 6.08 Å². The number of carbonyl (C=O) groups excluding carboxylic acids is 2. The SMILES string of the molecule is O=C(/C=C/c1ccco1)NCCC(=O)N1CCCC1c1ccc(F)cc1. The number of nitrogens with one attached hydrogen (secondary N) is 1. The second kappa shape index (κ2) is 8.47. The van der Waals surface area contributed by atoms with Crippen LogP contribution in [0.1, 0.15) is 36.6 Å². The van der Waals surface area contributed by atoms with Crippen molar-refractivity contribution in [2.75, 3.05) is 13.1 Å². The van der Waals surface area contributed by atoms with Crippen LogP contribution >= 0.6 is 0 Å². The quantitative estimate of drug-likeness (QED) is 0.808. The molecule has 1 aromatic heterocycles. The van der Waals surface area contributed by atoms with Crippen molar-refractivity contribution in [2.24, 2.45) is 0 Å². The molecule has 2 amide bonds. The molecule has 2 aromatic rings. The van der Waals surface area contributed by atoms with Gasteiger partial charge in [0.2, 0.25) is 11.8 Å². The van der Waals surface area contributed by atoms with Crippen molar-refractivity contribution in [3.63, 3.8) is 0 Å². The first-order valence-corrected chi connectivity index (χ1v) is 8.68. The van der Waals surface area contributed by atoms with Gasteiger partial charge in [-0.05, 0) is 48.7 Å². The number of hydrogen-bond acceptors (Lipinski definition) is 3. The van der Waals surface area contributed by atoms with Gasteiger partial charge in [-0.1, -0.05) is 12.1 Å². The standard InChI is InChI=1S/C20H21FN2O3/c21-16-7-5-15(6-8-16)18-4-1-13-23(18)20(25)11-12-22-19(24)10-9-17-3-2-14-26-17/h2-3,5-10,14,18H,1,4,11-13H2,(H,22,24)/b10-9+. The highest BCUT2D eigenvalue weighted by molar-refractivity contribution is 5.91. The van der Waals surface area contributed by atoms with Gasteiger partial charge in [-0.25, -0.2) is 4.39 Å². The molecule has 26 heavy (non-hydrogen) atoms. The van der Waals surface area contributed by atoms with Gasteiger partial charge in [0.15, 0.2) is 0 Å². The van der Waals surface area contributed by atoms with E-state index in [1.807, 2.05) is 4.90 Å². The summed E-state index contributed by atoms with van der Waals surface area (Å²) in [5, 5.41) is 2.70. The highest BCUT2D eigenvalue weighted by Gasteiger charge is 2.29. The van der Waals surface area contributed by atoms with Crippen molar-refractivity contribution < 1.29 is 18.4 Å². The molecule has 1 aliphatic rings. The van der Waals surface area contributed by atoms with E-state index in [1.165, 1.54) is 24.5 Å². The summed E-state index contributed by atoms with van der Waals surface area (Å²) in [7, 11) is 0. The Bertz CT molecular complexity index is 769. The molecule has 6 heteroatoms. The number of carbonyl (C=O) groups is 2. The van der Waals surface area contributed by atoms with E-state index in [4.69, 9.17) is 4.42 Å². The Morgan fingerprint density at radius 2 is 2.08 bits per heavy atom. The first-order chi connectivity index (χ1) is 12.6. The second-order valence-electron chi connectivity index (χ2n) is 6.19. The van der Waals surface area contributed by atoms with Gasteiger partial charge in [0.05, 0.1) is 12.3 Å². The van der Waals surface area contributed by atoms with Gasteiger partial charge in [-0.3, -0.25) is 9.59 Å². The number of likely N-dealkylation sites (tertiary alicyclic amines) is 1. The molecule has 1 aromatic carbocycles. The Hall–Kier alpha value is -2.89. The summed E-state index contributed by atoms with van der Waals surface area (Å²) in [6, 6.07) is 9.77. The van der Waals surface area contributed by atoms with Crippen LogP contribution in [0.15, 0.2) is 53.2 Å². The number of rotatable bonds is 6. The Balaban J connectivity index is 1.48. The van der Waals surface area contributed by atoms with Crippen molar-refractivity contribution in [1.82, 2.24) is 10.2 Å². The van der Waals surface area contributed by atoms with Crippen LogP contribution in [0.5, 0.6) is 0 Å². The number of halogens is 1. The molecule has 1 atom stereocenters. The van der Waals surface area contributed by atoms with Gasteiger partial charge in [0.1, 0.15) is 11.6 Å². The summed E-state index contributed by atoms with van der Waals surface area (Å²) in [5.41, 5.74) is 0.947. The average molecular weight is 356 g/mol. The van der Waals surface area contributed by atoms with Gasteiger partial charge in [-0.15, -0.1) is 0 Å². The minimum absolute atomic E-state index is 0.00728. The predicted molar refractivity (Wildman–Crippen MR) is 95.5 cm³/mol. The van der Waals surface area contributed by atoms with Crippen LogP contribution in [0.4, 0.5) is 4.39 Å². The topological polar surface area (TPSA) is 62.6 Å². The highest BCUT2D eigenvalue weighted by Crippen LogP contribution is 2.32. The highest BCUT2D eigenvalue weighted by atomic mass is 19.1. The van der Waals surface area contributed by atoms with E-state index in [0.29, 0.717) is 12.3 Å². The van der Waals surface area contributed by atoms with Crippen LogP contribution in [-0.4, -0.2) is 29.8 Å². The molecule has 1 fully saturated rings. The molecule has 0 radical (unpaired) electrons. The maximum atomic E-state index is 13.1. The lowest BCUT2D eigenvalue weighted by Gasteiger charge is -2.25. The van der Waals surface area contributed by atoms with E-state index < -0.39 is 0 Å². The van der Waals surface area contributed by atoms with E-state index in [-0.39, 0.29) is 36.6 Å². The van der Waals surface area contributed by atoms with E-state index in [2.05, 4.69) is 5.32 Å². The van der Waals surface area contributed by atoms with Crippen molar-refractivity contribution in [3.8, 4) is 0 Å². The monoisotopic (exact) mass is 356 g/mol. The van der Waals surface area contributed by atoms with Gasteiger partial charge < -0.3 is 14.6 Å². The summed E-state index contributed by atoms with van der Waals surface area (Å²) in [4.78, 5) is 26.1. The van der Waals surface area contributed by atoms with E-state index in [0.717, 1.165) is 18.4 Å². The van der Waals surface area contributed by atoms with Crippen molar-refractivity contribution in [2.45, 2.75) is 25.3 Å². The minimum Gasteiger partial charge on any atom is -0.465 e. The van der Waals surface area contributed by atoms with Crippen molar-refractivity contribution in [3.05, 3.63) is 65.9 Å². The fourth-order valence-corrected chi connectivity index (χ4v) is 3.14. The fourth-order valence-electron chi connectivity index (χ4n) is 3.14. The molecule has 3 rings (SSSR count). The Morgan fingerprint density at radius 1 is 1.27 bits per heavy atom. The lowest BCUT2D eigenvalue weighted by molar-refractivity contribution is -0.132. The summed E-state index contributed by atoms with van der Waals surface area (Å²) in [6.45, 7) is 0.958. The fraction of sp³-hybridized carbons (Fsp3) is 0.300. The average Bonchev–Trinajstić information content (AvgIpc) is 3.32. The first kappa shape index (κ1) is 17.9. The van der Waals surface area contributed by atoms with Crippen LogP contribution in [-0.2, 0) is 9.59 Å².